The predicted molar refractivity (Wildman–Crippen MR) is 64.1 cm³/mol. The minimum absolute atomic E-state index is 0. The molecule has 2 rings (SSSR count). The van der Waals surface area contributed by atoms with Crippen molar-refractivity contribution >= 4 is 23.7 Å². The first-order valence-electron chi connectivity index (χ1n) is 4.80. The van der Waals surface area contributed by atoms with E-state index in [-0.39, 0.29) is 12.4 Å². The van der Waals surface area contributed by atoms with E-state index in [1.165, 1.54) is 4.88 Å². The lowest BCUT2D eigenvalue weighted by Gasteiger charge is -2.22. The average Bonchev–Trinajstić information content (AvgIpc) is 2.72. The molecule has 0 saturated carbocycles. The number of hydrogen-bond donors (Lipinski definition) is 1. The highest BCUT2D eigenvalue weighted by atomic mass is 35.5. The van der Waals surface area contributed by atoms with Gasteiger partial charge in [0.2, 0.25) is 0 Å². The van der Waals surface area contributed by atoms with E-state index in [0.717, 1.165) is 19.5 Å². The van der Waals surface area contributed by atoms with Crippen LogP contribution < -0.4 is 5.73 Å². The third-order valence-electron chi connectivity index (χ3n) is 2.76. The lowest BCUT2D eigenvalue weighted by atomic mass is 10.2. The summed E-state index contributed by atoms with van der Waals surface area (Å²) in [5, 5.41) is 2.14. The van der Waals surface area contributed by atoms with Gasteiger partial charge in [-0.15, -0.1) is 23.7 Å². The van der Waals surface area contributed by atoms with Crippen LogP contribution in [0.15, 0.2) is 17.5 Å². The van der Waals surface area contributed by atoms with E-state index >= 15 is 0 Å². The number of hydrogen-bond acceptors (Lipinski definition) is 3. The third-order valence-corrected chi connectivity index (χ3v) is 3.80. The molecule has 80 valence electrons. The average molecular weight is 233 g/mol. The predicted octanol–water partition coefficient (Wildman–Crippen LogP) is 2.26. The SMILES string of the molecule is CC(c1cccs1)N1CC[C@H](N)C1.Cl. The number of likely N-dealkylation sites (tertiary alicyclic amines) is 1. The van der Waals surface area contributed by atoms with E-state index in [2.05, 4.69) is 29.3 Å². The van der Waals surface area contributed by atoms with Crippen LogP contribution in [0.5, 0.6) is 0 Å². The highest BCUT2D eigenvalue weighted by Crippen LogP contribution is 2.27. The van der Waals surface area contributed by atoms with E-state index in [9.17, 15) is 0 Å². The van der Waals surface area contributed by atoms with Gasteiger partial charge in [0.05, 0.1) is 0 Å². The molecule has 4 heteroatoms. The van der Waals surface area contributed by atoms with Gasteiger partial charge in [-0.25, -0.2) is 0 Å². The largest absolute Gasteiger partial charge is 0.326 e. The number of nitrogens with zero attached hydrogens (tertiary/aromatic N) is 1. The highest BCUT2D eigenvalue weighted by Gasteiger charge is 2.24. The molecule has 0 amide bonds. The molecular formula is C10H17ClN2S. The van der Waals surface area contributed by atoms with Crippen molar-refractivity contribution in [2.75, 3.05) is 13.1 Å². The first-order chi connectivity index (χ1) is 6.27. The van der Waals surface area contributed by atoms with Crippen molar-refractivity contribution in [3.05, 3.63) is 22.4 Å². The molecule has 0 spiro atoms. The Morgan fingerprint density at radius 1 is 1.64 bits per heavy atom. The molecule has 1 aliphatic rings. The molecule has 1 aromatic heterocycles. The van der Waals surface area contributed by atoms with Gasteiger partial charge >= 0.3 is 0 Å². The van der Waals surface area contributed by atoms with Crippen LogP contribution >= 0.6 is 23.7 Å². The molecule has 0 aromatic carbocycles. The molecule has 0 aliphatic carbocycles. The summed E-state index contributed by atoms with van der Waals surface area (Å²) in [6, 6.07) is 5.27. The van der Waals surface area contributed by atoms with Crippen LogP contribution in [0.3, 0.4) is 0 Å². The van der Waals surface area contributed by atoms with Crippen LogP contribution in [0.1, 0.15) is 24.3 Å². The van der Waals surface area contributed by atoms with Gasteiger partial charge in [-0.05, 0) is 24.8 Å². The third kappa shape index (κ3) is 2.48. The first-order valence-corrected chi connectivity index (χ1v) is 5.68. The van der Waals surface area contributed by atoms with Crippen molar-refractivity contribution in [1.82, 2.24) is 4.90 Å². The number of thiophene rings is 1. The molecule has 2 heterocycles. The molecule has 1 aliphatic heterocycles. The van der Waals surface area contributed by atoms with Crippen molar-refractivity contribution in [3.63, 3.8) is 0 Å². The normalized spacial score (nSPS) is 24.6. The second-order valence-corrected chi connectivity index (χ2v) is 4.71. The summed E-state index contributed by atoms with van der Waals surface area (Å²) in [6.07, 6.45) is 1.15. The lowest BCUT2D eigenvalue weighted by Crippen LogP contribution is -2.28. The van der Waals surface area contributed by atoms with Crippen LogP contribution in [0.25, 0.3) is 0 Å². The summed E-state index contributed by atoms with van der Waals surface area (Å²) in [5.74, 6) is 0. The standard InChI is InChI=1S/C10H16N2S.ClH/c1-8(10-3-2-6-13-10)12-5-4-9(11)7-12;/h2-3,6,8-9H,4-5,7,11H2,1H3;1H/t8?,9-;/m0./s1. The fraction of sp³-hybridized carbons (Fsp3) is 0.600. The fourth-order valence-electron chi connectivity index (χ4n) is 1.88. The Balaban J connectivity index is 0.000000980. The van der Waals surface area contributed by atoms with Gasteiger partial charge in [-0.3, -0.25) is 4.90 Å². The summed E-state index contributed by atoms with van der Waals surface area (Å²) >= 11 is 1.84. The maximum atomic E-state index is 5.88. The monoisotopic (exact) mass is 232 g/mol. The van der Waals surface area contributed by atoms with Crippen molar-refractivity contribution in [2.45, 2.75) is 25.4 Å². The molecule has 0 radical (unpaired) electrons. The Kier molecular flexibility index (Phi) is 4.38. The first kappa shape index (κ1) is 12.0. The topological polar surface area (TPSA) is 29.3 Å². The molecule has 1 aromatic rings. The van der Waals surface area contributed by atoms with Gasteiger partial charge in [0.1, 0.15) is 0 Å². The van der Waals surface area contributed by atoms with Crippen LogP contribution in [-0.2, 0) is 0 Å². The number of rotatable bonds is 2. The van der Waals surface area contributed by atoms with Gasteiger partial charge in [-0.1, -0.05) is 6.07 Å². The van der Waals surface area contributed by atoms with Gasteiger partial charge in [0, 0.05) is 30.1 Å². The van der Waals surface area contributed by atoms with Crippen LogP contribution in [0.4, 0.5) is 0 Å². The van der Waals surface area contributed by atoms with E-state index in [1.54, 1.807) is 0 Å². The Labute approximate surface area is 95.5 Å². The zero-order valence-electron chi connectivity index (χ0n) is 8.35. The Morgan fingerprint density at radius 2 is 2.43 bits per heavy atom. The summed E-state index contributed by atoms with van der Waals surface area (Å²) in [7, 11) is 0. The second-order valence-electron chi connectivity index (χ2n) is 3.74. The molecule has 14 heavy (non-hydrogen) atoms. The quantitative estimate of drug-likeness (QED) is 0.848. The molecule has 1 saturated heterocycles. The minimum Gasteiger partial charge on any atom is -0.326 e. The molecule has 2 N–H and O–H groups in total. The van der Waals surface area contributed by atoms with Crippen LogP contribution in [0.2, 0.25) is 0 Å². The molecular weight excluding hydrogens is 216 g/mol. The van der Waals surface area contributed by atoms with Crippen LogP contribution in [-0.4, -0.2) is 24.0 Å². The van der Waals surface area contributed by atoms with Crippen molar-refractivity contribution < 1.29 is 0 Å². The van der Waals surface area contributed by atoms with E-state index in [0.29, 0.717) is 12.1 Å². The van der Waals surface area contributed by atoms with E-state index < -0.39 is 0 Å². The Morgan fingerprint density at radius 3 is 2.93 bits per heavy atom. The van der Waals surface area contributed by atoms with Gasteiger partial charge in [0.15, 0.2) is 0 Å². The fourth-order valence-corrected chi connectivity index (χ4v) is 2.69. The van der Waals surface area contributed by atoms with E-state index in [4.69, 9.17) is 5.73 Å². The Bertz CT molecular complexity index is 263. The zero-order valence-corrected chi connectivity index (χ0v) is 9.98. The summed E-state index contributed by atoms with van der Waals surface area (Å²) in [4.78, 5) is 3.92. The molecule has 2 nitrogen and oxygen atoms in total. The minimum atomic E-state index is 0. The number of halogens is 1. The summed E-state index contributed by atoms with van der Waals surface area (Å²) < 4.78 is 0. The second kappa shape index (κ2) is 5.12. The summed E-state index contributed by atoms with van der Waals surface area (Å²) in [5.41, 5.74) is 5.88. The van der Waals surface area contributed by atoms with Crippen molar-refractivity contribution in [2.24, 2.45) is 5.73 Å². The molecule has 1 fully saturated rings. The van der Waals surface area contributed by atoms with Crippen molar-refractivity contribution in [3.8, 4) is 0 Å². The molecule has 2 atom stereocenters. The Hall–Kier alpha value is -0.0900. The molecule has 1 unspecified atom stereocenters. The van der Waals surface area contributed by atoms with Gasteiger partial charge in [-0.2, -0.15) is 0 Å². The van der Waals surface area contributed by atoms with Gasteiger partial charge in [0.25, 0.3) is 0 Å². The zero-order chi connectivity index (χ0) is 9.26. The lowest BCUT2D eigenvalue weighted by molar-refractivity contribution is 0.263. The maximum absolute atomic E-state index is 5.88. The number of nitrogens with two attached hydrogens (primary N) is 1. The maximum Gasteiger partial charge on any atom is 0.0413 e. The van der Waals surface area contributed by atoms with Crippen molar-refractivity contribution in [1.29, 1.82) is 0 Å². The smallest absolute Gasteiger partial charge is 0.0413 e. The van der Waals surface area contributed by atoms with Gasteiger partial charge < -0.3 is 5.73 Å². The van der Waals surface area contributed by atoms with E-state index in [1.807, 2.05) is 11.3 Å². The van der Waals surface area contributed by atoms with Crippen LogP contribution in [0, 0.1) is 0 Å². The highest BCUT2D eigenvalue weighted by molar-refractivity contribution is 7.10. The molecule has 0 bridgehead atoms. The summed E-state index contributed by atoms with van der Waals surface area (Å²) in [6.45, 7) is 4.48.